The van der Waals surface area contributed by atoms with E-state index in [0.717, 1.165) is 10.3 Å². The Balaban J connectivity index is 1.28. The summed E-state index contributed by atoms with van der Waals surface area (Å²) in [5.41, 5.74) is 0.784. The average molecular weight is 502 g/mol. The number of imidazole rings is 1. The summed E-state index contributed by atoms with van der Waals surface area (Å²) in [5, 5.41) is 27.8. The van der Waals surface area contributed by atoms with Gasteiger partial charge in [0.15, 0.2) is 5.82 Å². The maximum absolute atomic E-state index is 13.0. The van der Waals surface area contributed by atoms with Crippen molar-refractivity contribution < 1.29 is 27.9 Å². The van der Waals surface area contributed by atoms with Crippen LogP contribution >= 0.6 is 11.6 Å². The van der Waals surface area contributed by atoms with Crippen LogP contribution in [0.1, 0.15) is 18.1 Å². The number of aromatic nitrogens is 5. The molecule has 1 atom stereocenters. The number of nitro groups is 1. The summed E-state index contributed by atoms with van der Waals surface area (Å²) in [6.07, 6.45) is -3.96. The van der Waals surface area contributed by atoms with Gasteiger partial charge in [0.05, 0.1) is 12.6 Å². The van der Waals surface area contributed by atoms with E-state index in [4.69, 9.17) is 16.3 Å². The lowest BCUT2D eigenvalue weighted by Crippen LogP contribution is -2.35. The summed E-state index contributed by atoms with van der Waals surface area (Å²) in [4.78, 5) is 15.6. The molecule has 11 nitrogen and oxygen atoms in total. The Morgan fingerprint density at radius 2 is 1.97 bits per heavy atom. The van der Waals surface area contributed by atoms with Crippen molar-refractivity contribution in [3.8, 4) is 5.75 Å². The van der Waals surface area contributed by atoms with Crippen LogP contribution in [0.15, 0.2) is 30.5 Å². The quantitative estimate of drug-likeness (QED) is 0.369. The molecule has 0 spiro atoms. The van der Waals surface area contributed by atoms with Gasteiger partial charge < -0.3 is 29.4 Å². The highest BCUT2D eigenvalue weighted by molar-refractivity contribution is 6.28. The van der Waals surface area contributed by atoms with Crippen LogP contribution in [0.2, 0.25) is 5.28 Å². The van der Waals surface area contributed by atoms with Gasteiger partial charge >= 0.3 is 17.3 Å². The topological polar surface area (TPSA) is 124 Å². The van der Waals surface area contributed by atoms with Crippen LogP contribution in [0.25, 0.3) is 0 Å². The predicted octanol–water partition coefficient (Wildman–Crippen LogP) is 2.91. The molecule has 1 aliphatic rings. The fraction of sp³-hybridized carbons (Fsp3) is 0.421. The molecule has 3 heterocycles. The largest absolute Gasteiger partial charge is 0.491 e. The molecule has 0 fully saturated rings. The Labute approximate surface area is 195 Å². The second kappa shape index (κ2) is 9.46. The van der Waals surface area contributed by atoms with Crippen LogP contribution in [0.5, 0.6) is 5.75 Å². The number of ether oxygens (including phenoxy) is 1. The molecule has 1 aromatic carbocycles. The molecule has 182 valence electrons. The van der Waals surface area contributed by atoms with E-state index in [2.05, 4.69) is 15.2 Å². The number of fused-ring (bicyclic) bond motifs is 1. The Morgan fingerprint density at radius 1 is 1.24 bits per heavy atom. The monoisotopic (exact) mass is 501 g/mol. The Kier molecular flexibility index (Phi) is 6.61. The molecule has 0 saturated carbocycles. The summed E-state index contributed by atoms with van der Waals surface area (Å²) in [6.45, 7) is 0.879. The first kappa shape index (κ1) is 23.8. The van der Waals surface area contributed by atoms with Crippen LogP contribution in [0, 0.1) is 10.1 Å². The highest BCUT2D eigenvalue weighted by Crippen LogP contribution is 2.31. The van der Waals surface area contributed by atoms with Crippen LogP contribution in [-0.4, -0.2) is 53.6 Å². The second-order valence-corrected chi connectivity index (χ2v) is 7.91. The number of benzene rings is 1. The van der Waals surface area contributed by atoms with Crippen molar-refractivity contribution >= 4 is 23.1 Å². The molecular weight excluding hydrogens is 483 g/mol. The number of aryl methyl sites for hydroxylation is 1. The van der Waals surface area contributed by atoms with Crippen molar-refractivity contribution in [2.75, 3.05) is 18.1 Å². The van der Waals surface area contributed by atoms with Crippen molar-refractivity contribution in [3.05, 3.63) is 57.5 Å². The first-order valence-electron chi connectivity index (χ1n) is 10.1. The Hall–Kier alpha value is -3.39. The van der Waals surface area contributed by atoms with Gasteiger partial charge in [-0.1, -0.05) is 0 Å². The van der Waals surface area contributed by atoms with Crippen molar-refractivity contribution in [2.24, 2.45) is 0 Å². The number of hydrogen-bond donors (Lipinski definition) is 1. The third-order valence-corrected chi connectivity index (χ3v) is 5.56. The Morgan fingerprint density at radius 3 is 2.62 bits per heavy atom. The van der Waals surface area contributed by atoms with Gasteiger partial charge in [-0.3, -0.25) is 4.57 Å². The van der Waals surface area contributed by atoms with Crippen LogP contribution in [0.3, 0.4) is 0 Å². The zero-order valence-electron chi connectivity index (χ0n) is 17.5. The highest BCUT2D eigenvalue weighted by Gasteiger charge is 2.39. The van der Waals surface area contributed by atoms with E-state index in [1.54, 1.807) is 24.3 Å². The summed E-state index contributed by atoms with van der Waals surface area (Å²) in [7, 11) is 0. The zero-order valence-corrected chi connectivity index (χ0v) is 18.3. The molecule has 3 aromatic rings. The summed E-state index contributed by atoms with van der Waals surface area (Å²) < 4.78 is 47.0. The molecule has 0 bridgehead atoms. The highest BCUT2D eigenvalue weighted by atomic mass is 35.5. The second-order valence-electron chi connectivity index (χ2n) is 7.58. The third-order valence-electron chi connectivity index (χ3n) is 5.26. The number of aliphatic hydroxyl groups is 1. The standard InChI is InChI=1S/C19H19ClF3N7O4/c20-18-24-15(30(32)33)9-28(18)6-5-13(31)11-34-14-3-1-12(2-4-14)27-7-8-29-16(10-27)25-26-17(29)19(21,22)23/h1-4,9,13,31H,5-8,10-11H2/t13-/m1/s1. The molecule has 15 heteroatoms. The molecule has 0 unspecified atom stereocenters. The van der Waals surface area contributed by atoms with E-state index in [1.165, 1.54) is 10.8 Å². The predicted molar refractivity (Wildman–Crippen MR) is 113 cm³/mol. The van der Waals surface area contributed by atoms with Crippen LogP contribution < -0.4 is 9.64 Å². The minimum absolute atomic E-state index is 0.0131. The summed E-state index contributed by atoms with van der Waals surface area (Å²) in [6, 6.07) is 6.92. The van der Waals surface area contributed by atoms with Gasteiger partial charge in [0.1, 0.15) is 18.6 Å². The first-order valence-corrected chi connectivity index (χ1v) is 10.5. The molecule has 34 heavy (non-hydrogen) atoms. The first-order chi connectivity index (χ1) is 16.1. The number of nitrogens with zero attached hydrogens (tertiary/aromatic N) is 7. The minimum Gasteiger partial charge on any atom is -0.491 e. The van der Waals surface area contributed by atoms with E-state index in [0.29, 0.717) is 12.3 Å². The van der Waals surface area contributed by atoms with Gasteiger partial charge in [-0.05, 0) is 52.2 Å². The van der Waals surface area contributed by atoms with Crippen molar-refractivity contribution in [1.82, 2.24) is 24.3 Å². The van der Waals surface area contributed by atoms with Crippen molar-refractivity contribution in [3.63, 3.8) is 0 Å². The maximum Gasteiger partial charge on any atom is 0.451 e. The van der Waals surface area contributed by atoms with Gasteiger partial charge in [0.25, 0.3) is 0 Å². The van der Waals surface area contributed by atoms with E-state index >= 15 is 0 Å². The van der Waals surface area contributed by atoms with Gasteiger partial charge in [0.2, 0.25) is 5.82 Å². The van der Waals surface area contributed by atoms with Crippen LogP contribution in [0.4, 0.5) is 24.7 Å². The SMILES string of the molecule is O=[N+]([O-])c1cn(CC[C@@H](O)COc2ccc(N3CCn4c(nnc4C(F)(F)F)C3)cc2)c(Cl)n1. The molecule has 1 N–H and O–H groups in total. The number of hydrogen-bond acceptors (Lipinski definition) is 8. The molecule has 0 radical (unpaired) electrons. The van der Waals surface area contributed by atoms with Crippen LogP contribution in [-0.2, 0) is 25.8 Å². The lowest BCUT2D eigenvalue weighted by Gasteiger charge is -2.30. The summed E-state index contributed by atoms with van der Waals surface area (Å²) in [5.74, 6) is -0.618. The lowest BCUT2D eigenvalue weighted by atomic mass is 10.2. The van der Waals surface area contributed by atoms with E-state index in [9.17, 15) is 28.4 Å². The fourth-order valence-corrected chi connectivity index (χ4v) is 3.75. The van der Waals surface area contributed by atoms with E-state index in [-0.39, 0.29) is 49.6 Å². The van der Waals surface area contributed by atoms with Gasteiger partial charge in [-0.2, -0.15) is 13.2 Å². The fourth-order valence-electron chi connectivity index (χ4n) is 3.53. The number of aliphatic hydroxyl groups excluding tert-OH is 1. The molecule has 0 aliphatic carbocycles. The normalized spacial score (nSPS) is 14.7. The van der Waals surface area contributed by atoms with Crippen molar-refractivity contribution in [1.29, 1.82) is 0 Å². The molecule has 2 aromatic heterocycles. The summed E-state index contributed by atoms with van der Waals surface area (Å²) >= 11 is 5.85. The van der Waals surface area contributed by atoms with E-state index in [1.807, 2.05) is 4.90 Å². The van der Waals surface area contributed by atoms with Gasteiger partial charge in [-0.25, -0.2) is 0 Å². The number of halogens is 4. The number of rotatable bonds is 8. The van der Waals surface area contributed by atoms with E-state index < -0.39 is 23.0 Å². The Bertz CT molecular complexity index is 1170. The number of alkyl halides is 3. The minimum atomic E-state index is -4.54. The lowest BCUT2D eigenvalue weighted by molar-refractivity contribution is -0.389. The molecule has 0 saturated heterocycles. The number of anilines is 1. The molecule has 4 rings (SSSR count). The smallest absolute Gasteiger partial charge is 0.451 e. The molecule has 1 aliphatic heterocycles. The van der Waals surface area contributed by atoms with Gasteiger partial charge in [0, 0.05) is 25.3 Å². The van der Waals surface area contributed by atoms with Gasteiger partial charge in [-0.15, -0.1) is 10.2 Å². The zero-order chi connectivity index (χ0) is 24.5. The molecular formula is C19H19ClF3N7O4. The van der Waals surface area contributed by atoms with Crippen molar-refractivity contribution in [2.45, 2.75) is 38.3 Å². The molecule has 0 amide bonds. The third kappa shape index (κ3) is 5.22. The average Bonchev–Trinajstić information content (AvgIpc) is 3.39. The maximum atomic E-state index is 13.0.